The lowest BCUT2D eigenvalue weighted by Crippen LogP contribution is -2.57. The molecule has 8 nitrogen and oxygen atoms in total. The van der Waals surface area contributed by atoms with Gasteiger partial charge in [0.15, 0.2) is 0 Å². The third kappa shape index (κ3) is 3.90. The van der Waals surface area contributed by atoms with E-state index in [1.165, 1.54) is 0 Å². The molecule has 0 bridgehead atoms. The molecule has 3 aliphatic heterocycles. The number of piperidine rings is 1. The Hall–Kier alpha value is -2.91. The molecular formula is C22H24N4O4S. The molecule has 31 heavy (non-hydrogen) atoms. The number of fused-ring (bicyclic) bond motifs is 2. The Bertz CT molecular complexity index is 1000. The number of ether oxygens (including phenoxy) is 1. The summed E-state index contributed by atoms with van der Waals surface area (Å²) in [5.74, 6) is -0.351. The molecule has 1 aromatic carbocycles. The SMILES string of the molecule is O=C1Nc2ccc(-c3cccs3)cc2C(=O)N2CC[C@H](NC(=O)N3CCOCC3)C[C@@H]12. The van der Waals surface area contributed by atoms with Gasteiger partial charge >= 0.3 is 6.03 Å². The van der Waals surface area contributed by atoms with E-state index in [1.807, 2.05) is 29.6 Å². The summed E-state index contributed by atoms with van der Waals surface area (Å²) >= 11 is 1.61. The molecular weight excluding hydrogens is 416 g/mol. The number of anilines is 1. The Kier molecular flexibility index (Phi) is 5.37. The first-order chi connectivity index (χ1) is 15.1. The predicted molar refractivity (Wildman–Crippen MR) is 117 cm³/mol. The molecule has 2 fully saturated rings. The molecule has 5 rings (SSSR count). The third-order valence-corrected chi connectivity index (χ3v) is 7.02. The molecule has 0 unspecified atom stereocenters. The highest BCUT2D eigenvalue weighted by molar-refractivity contribution is 7.13. The Morgan fingerprint density at radius 3 is 2.77 bits per heavy atom. The summed E-state index contributed by atoms with van der Waals surface area (Å²) in [6.45, 7) is 2.63. The van der Waals surface area contributed by atoms with E-state index in [4.69, 9.17) is 4.74 Å². The summed E-state index contributed by atoms with van der Waals surface area (Å²) in [6, 6.07) is 8.68. The largest absolute Gasteiger partial charge is 0.378 e. The van der Waals surface area contributed by atoms with Crippen LogP contribution in [0.25, 0.3) is 10.4 Å². The van der Waals surface area contributed by atoms with Crippen molar-refractivity contribution >= 4 is 34.9 Å². The second-order valence-electron chi connectivity index (χ2n) is 8.01. The number of rotatable bonds is 2. The van der Waals surface area contributed by atoms with Crippen LogP contribution in [0.3, 0.4) is 0 Å². The predicted octanol–water partition coefficient (Wildman–Crippen LogP) is 2.38. The summed E-state index contributed by atoms with van der Waals surface area (Å²) in [5.41, 5.74) is 2.01. The first kappa shape index (κ1) is 20.0. The van der Waals surface area contributed by atoms with E-state index in [0.717, 1.165) is 10.4 Å². The molecule has 0 spiro atoms. The molecule has 1 aromatic heterocycles. The molecule has 4 amide bonds. The van der Waals surface area contributed by atoms with Crippen LogP contribution < -0.4 is 10.6 Å². The summed E-state index contributed by atoms with van der Waals surface area (Å²) in [5, 5.41) is 7.96. The molecule has 9 heteroatoms. The van der Waals surface area contributed by atoms with Crippen LogP contribution in [0.2, 0.25) is 0 Å². The number of nitrogens with one attached hydrogen (secondary N) is 2. The van der Waals surface area contributed by atoms with Gasteiger partial charge in [0.1, 0.15) is 6.04 Å². The molecule has 2 saturated heterocycles. The number of hydrogen-bond donors (Lipinski definition) is 2. The highest BCUT2D eigenvalue weighted by Gasteiger charge is 2.40. The number of carbonyl (C=O) groups excluding carboxylic acids is 3. The number of hydrogen-bond acceptors (Lipinski definition) is 5. The van der Waals surface area contributed by atoms with Gasteiger partial charge in [-0.2, -0.15) is 0 Å². The number of nitrogens with zero attached hydrogens (tertiary/aromatic N) is 2. The van der Waals surface area contributed by atoms with Crippen molar-refractivity contribution in [2.45, 2.75) is 24.9 Å². The molecule has 4 heterocycles. The number of morpholine rings is 1. The average molecular weight is 441 g/mol. The fraction of sp³-hybridized carbons (Fsp3) is 0.409. The van der Waals surface area contributed by atoms with Crippen LogP contribution in [0.1, 0.15) is 23.2 Å². The molecule has 162 valence electrons. The van der Waals surface area contributed by atoms with E-state index in [1.54, 1.807) is 27.2 Å². The first-order valence-corrected chi connectivity index (χ1v) is 11.4. The molecule has 3 aliphatic rings. The van der Waals surface area contributed by atoms with Crippen molar-refractivity contribution < 1.29 is 19.1 Å². The van der Waals surface area contributed by atoms with Gasteiger partial charge in [0.05, 0.1) is 24.5 Å². The second-order valence-corrected chi connectivity index (χ2v) is 8.96. The Morgan fingerprint density at radius 2 is 2.00 bits per heavy atom. The van der Waals surface area contributed by atoms with Gasteiger partial charge in [-0.1, -0.05) is 12.1 Å². The lowest BCUT2D eigenvalue weighted by molar-refractivity contribution is -0.121. The molecule has 2 atom stereocenters. The van der Waals surface area contributed by atoms with Gasteiger partial charge in [0.2, 0.25) is 5.91 Å². The van der Waals surface area contributed by atoms with Crippen molar-refractivity contribution in [3.63, 3.8) is 0 Å². The number of benzene rings is 1. The lowest BCUT2D eigenvalue weighted by Gasteiger charge is -2.38. The number of thiophene rings is 1. The van der Waals surface area contributed by atoms with E-state index in [2.05, 4.69) is 10.6 Å². The zero-order valence-corrected chi connectivity index (χ0v) is 17.8. The highest BCUT2D eigenvalue weighted by atomic mass is 32.1. The smallest absolute Gasteiger partial charge is 0.317 e. The minimum absolute atomic E-state index is 0.133. The van der Waals surface area contributed by atoms with Crippen LogP contribution in [0, 0.1) is 0 Å². The maximum atomic E-state index is 13.3. The number of urea groups is 1. The van der Waals surface area contributed by atoms with E-state index in [-0.39, 0.29) is 23.9 Å². The summed E-state index contributed by atoms with van der Waals surface area (Å²) in [4.78, 5) is 43.3. The minimum atomic E-state index is -0.603. The van der Waals surface area contributed by atoms with Gasteiger partial charge in [0.25, 0.3) is 5.91 Å². The van der Waals surface area contributed by atoms with E-state index in [0.29, 0.717) is 56.9 Å². The van der Waals surface area contributed by atoms with Crippen LogP contribution in [0.5, 0.6) is 0 Å². The Balaban J connectivity index is 1.33. The van der Waals surface area contributed by atoms with Crippen molar-refractivity contribution in [3.8, 4) is 10.4 Å². The summed E-state index contributed by atoms with van der Waals surface area (Å²) in [7, 11) is 0. The molecule has 2 N–H and O–H groups in total. The molecule has 0 radical (unpaired) electrons. The Labute approximate surface area is 184 Å². The maximum absolute atomic E-state index is 13.3. The third-order valence-electron chi connectivity index (χ3n) is 6.11. The second kappa shape index (κ2) is 8.32. The van der Waals surface area contributed by atoms with Crippen molar-refractivity contribution in [2.24, 2.45) is 0 Å². The fourth-order valence-electron chi connectivity index (χ4n) is 4.42. The van der Waals surface area contributed by atoms with Crippen LogP contribution in [0.15, 0.2) is 35.7 Å². The number of carbonyl (C=O) groups is 3. The summed E-state index contributed by atoms with van der Waals surface area (Å²) < 4.78 is 5.29. The van der Waals surface area contributed by atoms with Crippen molar-refractivity contribution in [1.29, 1.82) is 0 Å². The topological polar surface area (TPSA) is 91.0 Å². The van der Waals surface area contributed by atoms with Gasteiger partial charge in [-0.15, -0.1) is 11.3 Å². The van der Waals surface area contributed by atoms with Crippen LogP contribution in [-0.2, 0) is 9.53 Å². The average Bonchev–Trinajstić information content (AvgIpc) is 3.31. The van der Waals surface area contributed by atoms with E-state index >= 15 is 0 Å². The van der Waals surface area contributed by atoms with Crippen molar-refractivity contribution in [1.82, 2.24) is 15.1 Å². The van der Waals surface area contributed by atoms with Crippen LogP contribution in [-0.4, -0.2) is 72.6 Å². The minimum Gasteiger partial charge on any atom is -0.378 e. The monoisotopic (exact) mass is 440 g/mol. The zero-order valence-electron chi connectivity index (χ0n) is 17.0. The molecule has 2 aromatic rings. The highest BCUT2D eigenvalue weighted by Crippen LogP contribution is 2.33. The standard InChI is InChI=1S/C22H24N4O4S/c27-20-18-13-15(23-22(29)25-7-9-30-10-8-25)5-6-26(18)21(28)16-12-14(3-4-17(16)24-20)19-2-1-11-31-19/h1-4,11-12,15,18H,5-10,13H2,(H,23,29)(H,24,27)/t15-,18-/m0/s1. The fourth-order valence-corrected chi connectivity index (χ4v) is 5.14. The quantitative estimate of drug-likeness (QED) is 0.750. The van der Waals surface area contributed by atoms with Crippen molar-refractivity contribution in [3.05, 3.63) is 41.3 Å². The van der Waals surface area contributed by atoms with Gasteiger partial charge < -0.3 is 25.2 Å². The van der Waals surface area contributed by atoms with E-state index < -0.39 is 6.04 Å². The Morgan fingerprint density at radius 1 is 1.16 bits per heavy atom. The normalized spacial score (nSPS) is 23.5. The van der Waals surface area contributed by atoms with Gasteiger partial charge in [-0.3, -0.25) is 9.59 Å². The van der Waals surface area contributed by atoms with Gasteiger partial charge in [0, 0.05) is 30.6 Å². The molecule has 0 saturated carbocycles. The first-order valence-electron chi connectivity index (χ1n) is 10.5. The maximum Gasteiger partial charge on any atom is 0.317 e. The number of amides is 4. The van der Waals surface area contributed by atoms with Gasteiger partial charge in [-0.25, -0.2) is 4.79 Å². The summed E-state index contributed by atoms with van der Waals surface area (Å²) in [6.07, 6.45) is 1.02. The van der Waals surface area contributed by atoms with Crippen LogP contribution in [0.4, 0.5) is 10.5 Å². The van der Waals surface area contributed by atoms with Gasteiger partial charge in [-0.05, 0) is 42.0 Å². The lowest BCUT2D eigenvalue weighted by atomic mass is 9.96. The van der Waals surface area contributed by atoms with Crippen molar-refractivity contribution in [2.75, 3.05) is 38.2 Å². The zero-order chi connectivity index (χ0) is 21.4. The van der Waals surface area contributed by atoms with E-state index in [9.17, 15) is 14.4 Å². The van der Waals surface area contributed by atoms with Crippen LogP contribution >= 0.6 is 11.3 Å². The molecule has 0 aliphatic carbocycles.